The normalized spacial score (nSPS) is 9.58. The Morgan fingerprint density at radius 3 is 2.67 bits per heavy atom. The van der Waals surface area contributed by atoms with E-state index in [-0.39, 0.29) is 5.82 Å². The van der Waals surface area contributed by atoms with Crippen LogP contribution in [-0.4, -0.2) is 7.11 Å². The smallest absolute Gasteiger partial charge is 0.135 e. The number of ether oxygens (including phenoxy) is 1. The van der Waals surface area contributed by atoms with Gasteiger partial charge in [0.1, 0.15) is 11.6 Å². The molecule has 0 heterocycles. The Balaban J connectivity index is 3.29. The molecule has 3 heteroatoms. The maximum Gasteiger partial charge on any atom is 0.135 e. The van der Waals surface area contributed by atoms with E-state index in [0.29, 0.717) is 15.8 Å². The second-order valence-corrected chi connectivity index (χ2v) is 3.18. The minimum absolute atomic E-state index is 0.337. The lowest BCUT2D eigenvalue weighted by atomic mass is 10.2. The van der Waals surface area contributed by atoms with Crippen molar-refractivity contribution in [2.45, 2.75) is 0 Å². The highest BCUT2D eigenvalue weighted by Crippen LogP contribution is 2.30. The third kappa shape index (κ3) is 1.67. The molecular formula is C9H8BrFO. The first-order valence-electron chi connectivity index (χ1n) is 3.34. The molecule has 0 aliphatic rings. The lowest BCUT2D eigenvalue weighted by Crippen LogP contribution is -1.91. The van der Waals surface area contributed by atoms with Crippen molar-refractivity contribution in [3.8, 4) is 5.75 Å². The van der Waals surface area contributed by atoms with E-state index in [1.165, 1.54) is 13.2 Å². The SMILES string of the molecule is C=C(Br)c1c(F)cccc1OC. The van der Waals surface area contributed by atoms with Gasteiger partial charge in [-0.2, -0.15) is 0 Å². The van der Waals surface area contributed by atoms with Crippen molar-refractivity contribution in [3.05, 3.63) is 36.2 Å². The number of rotatable bonds is 2. The lowest BCUT2D eigenvalue weighted by Gasteiger charge is -2.06. The zero-order chi connectivity index (χ0) is 9.14. The largest absolute Gasteiger partial charge is 0.496 e. The minimum Gasteiger partial charge on any atom is -0.496 e. The highest BCUT2D eigenvalue weighted by molar-refractivity contribution is 9.15. The summed E-state index contributed by atoms with van der Waals surface area (Å²) < 4.78 is 18.6. The second-order valence-electron chi connectivity index (χ2n) is 2.22. The van der Waals surface area contributed by atoms with E-state index in [9.17, 15) is 4.39 Å². The van der Waals surface area contributed by atoms with Crippen molar-refractivity contribution in [1.29, 1.82) is 0 Å². The van der Waals surface area contributed by atoms with Crippen LogP contribution in [0.2, 0.25) is 0 Å². The van der Waals surface area contributed by atoms with Crippen LogP contribution in [0.4, 0.5) is 4.39 Å². The second kappa shape index (κ2) is 3.72. The highest BCUT2D eigenvalue weighted by Gasteiger charge is 2.09. The van der Waals surface area contributed by atoms with Crippen molar-refractivity contribution < 1.29 is 9.13 Å². The molecule has 0 aromatic heterocycles. The zero-order valence-electron chi connectivity index (χ0n) is 6.60. The van der Waals surface area contributed by atoms with E-state index in [1.807, 2.05) is 0 Å². The summed E-state index contributed by atoms with van der Waals surface area (Å²) in [5.41, 5.74) is 0.375. The Hall–Kier alpha value is -0.830. The molecule has 0 saturated carbocycles. The Labute approximate surface area is 79.0 Å². The standard InChI is InChI=1S/C9H8BrFO/c1-6(10)9-7(11)4-3-5-8(9)12-2/h3-5H,1H2,2H3. The summed E-state index contributed by atoms with van der Waals surface area (Å²) in [7, 11) is 1.49. The first kappa shape index (κ1) is 9.26. The highest BCUT2D eigenvalue weighted by atomic mass is 79.9. The van der Waals surface area contributed by atoms with Crippen molar-refractivity contribution in [3.63, 3.8) is 0 Å². The average molecular weight is 231 g/mol. The third-order valence-corrected chi connectivity index (χ3v) is 1.86. The van der Waals surface area contributed by atoms with Crippen LogP contribution in [0.15, 0.2) is 24.8 Å². The molecule has 0 bridgehead atoms. The molecule has 1 aromatic rings. The number of halogens is 2. The van der Waals surface area contributed by atoms with Crippen LogP contribution in [0.25, 0.3) is 4.48 Å². The van der Waals surface area contributed by atoms with Gasteiger partial charge in [0.25, 0.3) is 0 Å². The van der Waals surface area contributed by atoms with Crippen LogP contribution in [0.1, 0.15) is 5.56 Å². The molecule has 1 nitrogen and oxygen atoms in total. The molecule has 0 spiro atoms. The van der Waals surface area contributed by atoms with E-state index < -0.39 is 0 Å². The van der Waals surface area contributed by atoms with Gasteiger partial charge in [-0.15, -0.1) is 0 Å². The first-order valence-corrected chi connectivity index (χ1v) is 4.13. The number of benzene rings is 1. The van der Waals surface area contributed by atoms with Crippen molar-refractivity contribution in [2.24, 2.45) is 0 Å². The van der Waals surface area contributed by atoms with Gasteiger partial charge in [-0.25, -0.2) is 4.39 Å². The molecule has 0 N–H and O–H groups in total. The molecule has 0 atom stereocenters. The first-order chi connectivity index (χ1) is 5.66. The van der Waals surface area contributed by atoms with E-state index in [4.69, 9.17) is 4.74 Å². The van der Waals surface area contributed by atoms with Gasteiger partial charge in [0.15, 0.2) is 0 Å². The van der Waals surface area contributed by atoms with Crippen LogP contribution in [0.5, 0.6) is 5.75 Å². The Morgan fingerprint density at radius 1 is 1.58 bits per heavy atom. The van der Waals surface area contributed by atoms with Gasteiger partial charge in [-0.05, 0) is 12.1 Å². The van der Waals surface area contributed by atoms with Gasteiger partial charge in [-0.3, -0.25) is 0 Å². The summed E-state index contributed by atoms with van der Waals surface area (Å²) in [5, 5.41) is 0. The third-order valence-electron chi connectivity index (χ3n) is 1.47. The topological polar surface area (TPSA) is 9.23 Å². The fourth-order valence-electron chi connectivity index (χ4n) is 0.938. The maximum atomic E-state index is 13.1. The van der Waals surface area contributed by atoms with Gasteiger partial charge >= 0.3 is 0 Å². The van der Waals surface area contributed by atoms with Crippen molar-refractivity contribution >= 4 is 20.4 Å². The predicted octanol–water partition coefficient (Wildman–Crippen LogP) is 3.20. The Bertz CT molecular complexity index is 309. The fraction of sp³-hybridized carbons (Fsp3) is 0.111. The molecule has 64 valence electrons. The summed E-state index contributed by atoms with van der Waals surface area (Å²) in [6.07, 6.45) is 0. The van der Waals surface area contributed by atoms with Crippen LogP contribution in [0, 0.1) is 5.82 Å². The van der Waals surface area contributed by atoms with Crippen molar-refractivity contribution in [1.82, 2.24) is 0 Å². The van der Waals surface area contributed by atoms with Crippen LogP contribution >= 0.6 is 15.9 Å². The van der Waals surface area contributed by atoms with Crippen molar-refractivity contribution in [2.75, 3.05) is 7.11 Å². The molecule has 0 aliphatic carbocycles. The van der Waals surface area contributed by atoms with Crippen LogP contribution in [-0.2, 0) is 0 Å². The number of hydrogen-bond acceptors (Lipinski definition) is 1. The molecule has 0 radical (unpaired) electrons. The van der Waals surface area contributed by atoms with Gasteiger partial charge < -0.3 is 4.74 Å². The van der Waals surface area contributed by atoms with Crippen LogP contribution < -0.4 is 4.74 Å². The van der Waals surface area contributed by atoms with E-state index in [0.717, 1.165) is 0 Å². The number of methoxy groups -OCH3 is 1. The maximum absolute atomic E-state index is 13.1. The van der Waals surface area contributed by atoms with E-state index in [2.05, 4.69) is 22.5 Å². The molecule has 1 rings (SSSR count). The molecular weight excluding hydrogens is 223 g/mol. The molecule has 0 saturated heterocycles. The van der Waals surface area contributed by atoms with E-state index in [1.54, 1.807) is 12.1 Å². The van der Waals surface area contributed by atoms with E-state index >= 15 is 0 Å². The summed E-state index contributed by atoms with van der Waals surface area (Å²) in [6, 6.07) is 4.64. The summed E-state index contributed by atoms with van der Waals surface area (Å²) >= 11 is 3.11. The minimum atomic E-state index is -0.337. The predicted molar refractivity (Wildman–Crippen MR) is 50.9 cm³/mol. The molecule has 0 unspecified atom stereocenters. The quantitative estimate of drug-likeness (QED) is 0.759. The van der Waals surface area contributed by atoms with Gasteiger partial charge in [0, 0.05) is 4.48 Å². The fourth-order valence-corrected chi connectivity index (χ4v) is 1.32. The average Bonchev–Trinajstić information content (AvgIpc) is 2.03. The monoisotopic (exact) mass is 230 g/mol. The van der Waals surface area contributed by atoms with Gasteiger partial charge in [0.2, 0.25) is 0 Å². The summed E-state index contributed by atoms with van der Waals surface area (Å²) in [5.74, 6) is 0.146. The molecule has 0 fully saturated rings. The van der Waals surface area contributed by atoms with Crippen LogP contribution in [0.3, 0.4) is 0 Å². The number of hydrogen-bond donors (Lipinski definition) is 0. The Morgan fingerprint density at radius 2 is 2.25 bits per heavy atom. The summed E-state index contributed by atoms with van der Waals surface area (Å²) in [6.45, 7) is 3.59. The van der Waals surface area contributed by atoms with Gasteiger partial charge in [0.05, 0.1) is 12.7 Å². The summed E-state index contributed by atoms with van der Waals surface area (Å²) in [4.78, 5) is 0. The lowest BCUT2D eigenvalue weighted by molar-refractivity contribution is 0.410. The molecule has 1 aromatic carbocycles. The van der Waals surface area contributed by atoms with Gasteiger partial charge in [-0.1, -0.05) is 28.6 Å². The Kier molecular flexibility index (Phi) is 2.87. The molecule has 12 heavy (non-hydrogen) atoms. The molecule has 0 aliphatic heterocycles. The zero-order valence-corrected chi connectivity index (χ0v) is 8.19. The molecule has 0 amide bonds.